The van der Waals surface area contributed by atoms with E-state index >= 15 is 0 Å². The quantitative estimate of drug-likeness (QED) is 0.780. The first-order valence-electron chi connectivity index (χ1n) is 7.87. The van der Waals surface area contributed by atoms with E-state index in [0.29, 0.717) is 30.5 Å². The molecule has 2 aliphatic rings. The summed E-state index contributed by atoms with van der Waals surface area (Å²) in [4.78, 5) is 31.2. The summed E-state index contributed by atoms with van der Waals surface area (Å²) in [6, 6.07) is 0. The molecule has 3 heterocycles. The Morgan fingerprint density at radius 3 is 3.04 bits per heavy atom. The van der Waals surface area contributed by atoms with Crippen molar-refractivity contribution in [3.05, 3.63) is 28.5 Å². The van der Waals surface area contributed by atoms with E-state index in [1.165, 1.54) is 17.4 Å². The maximum absolute atomic E-state index is 12.4. The highest BCUT2D eigenvalue weighted by molar-refractivity contribution is 7.15. The van der Waals surface area contributed by atoms with E-state index in [9.17, 15) is 9.59 Å². The summed E-state index contributed by atoms with van der Waals surface area (Å²) in [5.74, 6) is 0.126. The summed E-state index contributed by atoms with van der Waals surface area (Å²) < 4.78 is 7.38. The highest BCUT2D eigenvalue weighted by Crippen LogP contribution is 2.32. The molecule has 0 radical (unpaired) electrons. The van der Waals surface area contributed by atoms with Gasteiger partial charge in [0.05, 0.1) is 18.8 Å². The summed E-state index contributed by atoms with van der Waals surface area (Å²) in [6.07, 6.45) is 6.43. The van der Waals surface area contributed by atoms with E-state index in [4.69, 9.17) is 16.3 Å². The molecule has 2 aromatic heterocycles. The molecule has 0 N–H and O–H groups in total. The Morgan fingerprint density at radius 1 is 1.42 bits per heavy atom. The lowest BCUT2D eigenvalue weighted by molar-refractivity contribution is -0.144. The van der Waals surface area contributed by atoms with Crippen LogP contribution in [0.25, 0.3) is 11.0 Å². The van der Waals surface area contributed by atoms with Crippen molar-refractivity contribution in [2.75, 3.05) is 19.7 Å². The zero-order valence-corrected chi connectivity index (χ0v) is 14.4. The number of fused-ring (bicyclic) bond motifs is 1. The number of nitrogens with zero attached hydrogens (tertiary/aromatic N) is 3. The summed E-state index contributed by atoms with van der Waals surface area (Å²) >= 11 is 7.60. The van der Waals surface area contributed by atoms with E-state index < -0.39 is 6.10 Å². The van der Waals surface area contributed by atoms with Gasteiger partial charge in [-0.2, -0.15) is 0 Å². The molecule has 1 atom stereocenters. The van der Waals surface area contributed by atoms with Crippen LogP contribution >= 0.6 is 22.9 Å². The molecule has 1 unspecified atom stereocenters. The number of Topliss-reactive ketones (excluding diaryl/α,β-unsaturated/α-hetero) is 1. The Morgan fingerprint density at radius 2 is 2.25 bits per heavy atom. The Balaban J connectivity index is 1.46. The van der Waals surface area contributed by atoms with Crippen LogP contribution in [-0.4, -0.2) is 51.8 Å². The minimum Gasteiger partial charge on any atom is -0.367 e. The number of carbonyl (C=O) groups excluding carboxylic acids is 2. The summed E-state index contributed by atoms with van der Waals surface area (Å²) in [5.41, 5.74) is 0.681. The lowest BCUT2D eigenvalue weighted by Crippen LogP contribution is -2.48. The first-order valence-corrected chi connectivity index (χ1v) is 9.12. The third-order valence-electron chi connectivity index (χ3n) is 4.31. The van der Waals surface area contributed by atoms with Crippen LogP contribution in [0.3, 0.4) is 0 Å². The van der Waals surface area contributed by atoms with E-state index in [1.807, 2.05) is 16.0 Å². The van der Waals surface area contributed by atoms with Crippen molar-refractivity contribution in [1.29, 1.82) is 0 Å². The van der Waals surface area contributed by atoms with Crippen LogP contribution in [0.4, 0.5) is 0 Å². The third-order valence-corrected chi connectivity index (χ3v) is 5.35. The molecule has 1 aliphatic carbocycles. The Kier molecular flexibility index (Phi) is 4.15. The molecule has 8 heteroatoms. The van der Waals surface area contributed by atoms with Crippen LogP contribution in [0.15, 0.2) is 17.7 Å². The fourth-order valence-corrected chi connectivity index (χ4v) is 3.84. The van der Waals surface area contributed by atoms with Crippen LogP contribution in [0.2, 0.25) is 5.15 Å². The number of aromatic nitrogens is 2. The van der Waals surface area contributed by atoms with Crippen LogP contribution in [0.5, 0.6) is 0 Å². The molecule has 0 bridgehead atoms. The summed E-state index contributed by atoms with van der Waals surface area (Å²) in [7, 11) is 0. The fraction of sp³-hybridized carbons (Fsp3) is 0.438. The number of hydrogen-bond donors (Lipinski definition) is 0. The molecule has 2 fully saturated rings. The first kappa shape index (κ1) is 15.8. The zero-order chi connectivity index (χ0) is 16.7. The SMILES string of the molecule is O=C(C1CC1)C1CN(C(=O)C=Cc2c(Cl)nc3sccn23)CCO1. The van der Waals surface area contributed by atoms with E-state index in [-0.39, 0.29) is 17.6 Å². The van der Waals surface area contributed by atoms with Gasteiger partial charge in [-0.1, -0.05) is 11.6 Å². The van der Waals surface area contributed by atoms with Gasteiger partial charge in [-0.15, -0.1) is 11.3 Å². The molecule has 24 heavy (non-hydrogen) atoms. The minimum atomic E-state index is -0.481. The van der Waals surface area contributed by atoms with Gasteiger partial charge in [-0.3, -0.25) is 14.0 Å². The second kappa shape index (κ2) is 6.31. The van der Waals surface area contributed by atoms with E-state index in [1.54, 1.807) is 11.0 Å². The largest absolute Gasteiger partial charge is 0.367 e. The molecule has 0 aromatic carbocycles. The Hall–Kier alpha value is -1.70. The average molecular weight is 366 g/mol. The number of morpholine rings is 1. The van der Waals surface area contributed by atoms with Crippen LogP contribution < -0.4 is 0 Å². The predicted molar refractivity (Wildman–Crippen MR) is 91.2 cm³/mol. The standard InChI is InChI=1S/C16H16ClN3O3S/c17-15-11(20-6-8-24-16(20)18-15)3-4-13(21)19-5-7-23-12(9-19)14(22)10-1-2-10/h3-4,6,8,10,12H,1-2,5,7,9H2. The number of amides is 1. The van der Waals surface area contributed by atoms with Crippen LogP contribution in [-0.2, 0) is 14.3 Å². The monoisotopic (exact) mass is 365 g/mol. The highest BCUT2D eigenvalue weighted by Gasteiger charge is 2.38. The average Bonchev–Trinajstić information content (AvgIpc) is 3.27. The molecule has 2 aromatic rings. The predicted octanol–water partition coefficient (Wildman–Crippen LogP) is 2.27. The van der Waals surface area contributed by atoms with Gasteiger partial charge in [-0.25, -0.2) is 4.98 Å². The number of thiazole rings is 1. The topological polar surface area (TPSA) is 63.9 Å². The third kappa shape index (κ3) is 2.99. The number of carbonyl (C=O) groups is 2. The van der Waals surface area contributed by atoms with Gasteiger partial charge in [0, 0.05) is 30.1 Å². The normalized spacial score (nSPS) is 21.7. The van der Waals surface area contributed by atoms with Crippen molar-refractivity contribution in [3.63, 3.8) is 0 Å². The fourth-order valence-electron chi connectivity index (χ4n) is 2.83. The van der Waals surface area contributed by atoms with Crippen molar-refractivity contribution in [3.8, 4) is 0 Å². The lowest BCUT2D eigenvalue weighted by atomic mass is 10.1. The molecule has 0 spiro atoms. The molecule has 6 nitrogen and oxygen atoms in total. The molecule has 1 saturated carbocycles. The van der Waals surface area contributed by atoms with Gasteiger partial charge >= 0.3 is 0 Å². The van der Waals surface area contributed by atoms with Gasteiger partial charge in [0.25, 0.3) is 0 Å². The van der Waals surface area contributed by atoms with Gasteiger partial charge < -0.3 is 9.64 Å². The Bertz CT molecular complexity index is 824. The number of ketones is 1. The maximum Gasteiger partial charge on any atom is 0.246 e. The van der Waals surface area contributed by atoms with Crippen molar-refractivity contribution >= 4 is 45.7 Å². The lowest BCUT2D eigenvalue weighted by Gasteiger charge is -2.31. The number of ether oxygens (including phenoxy) is 1. The molecule has 1 amide bonds. The molecule has 1 aliphatic heterocycles. The molecular weight excluding hydrogens is 350 g/mol. The number of rotatable bonds is 4. The second-order valence-electron chi connectivity index (χ2n) is 6.00. The highest BCUT2D eigenvalue weighted by atomic mass is 35.5. The molecular formula is C16H16ClN3O3S. The second-order valence-corrected chi connectivity index (χ2v) is 7.23. The van der Waals surface area contributed by atoms with E-state index in [2.05, 4.69) is 4.98 Å². The first-order chi connectivity index (χ1) is 11.6. The Labute approximate surface area is 147 Å². The van der Waals surface area contributed by atoms with Gasteiger partial charge in [0.2, 0.25) is 5.91 Å². The van der Waals surface area contributed by atoms with Crippen LogP contribution in [0, 0.1) is 5.92 Å². The summed E-state index contributed by atoms with van der Waals surface area (Å²) in [5, 5.41) is 2.28. The van der Waals surface area contributed by atoms with E-state index in [0.717, 1.165) is 17.8 Å². The maximum atomic E-state index is 12.4. The van der Waals surface area contributed by atoms with Crippen molar-refractivity contribution in [2.24, 2.45) is 5.92 Å². The van der Waals surface area contributed by atoms with Crippen molar-refractivity contribution < 1.29 is 14.3 Å². The van der Waals surface area contributed by atoms with Crippen molar-refractivity contribution in [2.45, 2.75) is 18.9 Å². The molecule has 4 rings (SSSR count). The number of halogens is 1. The minimum absolute atomic E-state index is 0.135. The van der Waals surface area contributed by atoms with Crippen molar-refractivity contribution in [1.82, 2.24) is 14.3 Å². The zero-order valence-electron chi connectivity index (χ0n) is 12.9. The van der Waals surface area contributed by atoms with Gasteiger partial charge in [-0.05, 0) is 18.9 Å². The number of hydrogen-bond acceptors (Lipinski definition) is 5. The van der Waals surface area contributed by atoms with Crippen LogP contribution in [0.1, 0.15) is 18.5 Å². The van der Waals surface area contributed by atoms with Gasteiger partial charge in [0.15, 0.2) is 15.9 Å². The molecule has 1 saturated heterocycles. The molecule has 126 valence electrons. The smallest absolute Gasteiger partial charge is 0.246 e. The summed E-state index contributed by atoms with van der Waals surface area (Å²) in [6.45, 7) is 1.21. The van der Waals surface area contributed by atoms with Gasteiger partial charge in [0.1, 0.15) is 6.10 Å². The number of imidazole rings is 1.